The number of hydrogen-bond donors (Lipinski definition) is 2. The zero-order valence-electron chi connectivity index (χ0n) is 11.6. The fraction of sp³-hybridized carbons (Fsp3) is 0.133. The lowest BCUT2D eigenvalue weighted by atomic mass is 10.1. The summed E-state index contributed by atoms with van der Waals surface area (Å²) in [6.07, 6.45) is 0.784. The summed E-state index contributed by atoms with van der Waals surface area (Å²) in [4.78, 5) is 28.0. The predicted octanol–water partition coefficient (Wildman–Crippen LogP) is 2.71. The van der Waals surface area contributed by atoms with Crippen molar-refractivity contribution in [1.82, 2.24) is 4.98 Å². The first-order chi connectivity index (χ1) is 10.5. The molecule has 7 heteroatoms. The van der Waals surface area contributed by atoms with Crippen molar-refractivity contribution < 1.29 is 14.3 Å². The van der Waals surface area contributed by atoms with E-state index in [1.807, 2.05) is 0 Å². The van der Waals surface area contributed by atoms with E-state index in [4.69, 9.17) is 16.3 Å². The lowest BCUT2D eigenvalue weighted by molar-refractivity contribution is -0.122. The number of pyridine rings is 1. The van der Waals surface area contributed by atoms with Crippen LogP contribution in [0.25, 0.3) is 0 Å². The van der Waals surface area contributed by atoms with E-state index in [1.54, 1.807) is 37.3 Å². The van der Waals surface area contributed by atoms with E-state index in [-0.39, 0.29) is 11.8 Å². The summed E-state index contributed by atoms with van der Waals surface area (Å²) in [7, 11) is 0. The van der Waals surface area contributed by atoms with Gasteiger partial charge in [0.25, 0.3) is 11.8 Å². The molecule has 2 aromatic rings. The van der Waals surface area contributed by atoms with Crippen molar-refractivity contribution in [3.63, 3.8) is 0 Å². The average molecular weight is 318 g/mol. The average Bonchev–Trinajstić information content (AvgIpc) is 2.50. The first kappa shape index (κ1) is 14.3. The zero-order chi connectivity index (χ0) is 15.7. The molecule has 1 atom stereocenters. The maximum absolute atomic E-state index is 12.4. The highest BCUT2D eigenvalue weighted by atomic mass is 35.5. The summed E-state index contributed by atoms with van der Waals surface area (Å²) >= 11 is 5.75. The van der Waals surface area contributed by atoms with Crippen molar-refractivity contribution in [2.75, 3.05) is 10.6 Å². The third kappa shape index (κ3) is 2.73. The van der Waals surface area contributed by atoms with E-state index < -0.39 is 6.10 Å². The van der Waals surface area contributed by atoms with Gasteiger partial charge >= 0.3 is 0 Å². The van der Waals surface area contributed by atoms with Crippen molar-refractivity contribution >= 4 is 34.9 Å². The lowest BCUT2D eigenvalue weighted by Crippen LogP contribution is -2.35. The molecule has 0 fully saturated rings. The lowest BCUT2D eigenvalue weighted by Gasteiger charge is -2.24. The molecular weight excluding hydrogens is 306 g/mol. The van der Waals surface area contributed by atoms with E-state index in [9.17, 15) is 9.59 Å². The molecule has 1 aliphatic heterocycles. The Labute approximate surface area is 131 Å². The maximum Gasteiger partial charge on any atom is 0.265 e. The van der Waals surface area contributed by atoms with E-state index in [2.05, 4.69) is 15.6 Å². The van der Waals surface area contributed by atoms with Crippen LogP contribution >= 0.6 is 11.6 Å². The normalized spacial score (nSPS) is 16.3. The number of amides is 2. The second kappa shape index (κ2) is 5.65. The van der Waals surface area contributed by atoms with Gasteiger partial charge in [0.15, 0.2) is 11.9 Å². The number of halogens is 1. The fourth-order valence-electron chi connectivity index (χ4n) is 2.04. The molecule has 2 amide bonds. The van der Waals surface area contributed by atoms with Crippen molar-refractivity contribution in [3.8, 4) is 5.75 Å². The van der Waals surface area contributed by atoms with Crippen LogP contribution in [0.3, 0.4) is 0 Å². The van der Waals surface area contributed by atoms with Gasteiger partial charge < -0.3 is 15.4 Å². The summed E-state index contributed by atoms with van der Waals surface area (Å²) in [6.45, 7) is 1.62. The Bertz CT molecular complexity index is 746. The van der Waals surface area contributed by atoms with Crippen LogP contribution in [0.5, 0.6) is 5.75 Å². The maximum atomic E-state index is 12.4. The van der Waals surface area contributed by atoms with E-state index in [0.717, 1.165) is 0 Å². The molecule has 22 heavy (non-hydrogen) atoms. The van der Waals surface area contributed by atoms with E-state index in [1.165, 1.54) is 6.20 Å². The van der Waals surface area contributed by atoms with Crippen LogP contribution in [0.4, 0.5) is 11.5 Å². The van der Waals surface area contributed by atoms with Gasteiger partial charge in [-0.15, -0.1) is 0 Å². The van der Waals surface area contributed by atoms with Gasteiger partial charge in [0.1, 0.15) is 5.82 Å². The third-order valence-corrected chi connectivity index (χ3v) is 3.37. The van der Waals surface area contributed by atoms with Gasteiger partial charge in [0, 0.05) is 6.20 Å². The second-order valence-electron chi connectivity index (χ2n) is 4.75. The number of nitrogens with one attached hydrogen (secondary N) is 2. The minimum Gasteiger partial charge on any atom is -0.478 e. The van der Waals surface area contributed by atoms with Gasteiger partial charge in [0.05, 0.1) is 16.3 Å². The molecule has 0 bridgehead atoms. The SMILES string of the molecule is C[C@@H]1Oc2c(cccc2C(=O)Nc2ccc(Cl)cn2)NC1=O. The fourth-order valence-corrected chi connectivity index (χ4v) is 2.15. The van der Waals surface area contributed by atoms with Crippen molar-refractivity contribution in [2.24, 2.45) is 0 Å². The predicted molar refractivity (Wildman–Crippen MR) is 82.4 cm³/mol. The smallest absolute Gasteiger partial charge is 0.265 e. The highest BCUT2D eigenvalue weighted by molar-refractivity contribution is 6.30. The van der Waals surface area contributed by atoms with Crippen molar-refractivity contribution in [1.29, 1.82) is 0 Å². The minimum absolute atomic E-state index is 0.246. The molecular formula is C15H12ClN3O3. The van der Waals surface area contributed by atoms with Crippen molar-refractivity contribution in [2.45, 2.75) is 13.0 Å². The molecule has 0 saturated heterocycles. The Morgan fingerprint density at radius 1 is 1.36 bits per heavy atom. The van der Waals surface area contributed by atoms with Crippen LogP contribution < -0.4 is 15.4 Å². The number of aromatic nitrogens is 1. The van der Waals surface area contributed by atoms with Gasteiger partial charge in [-0.1, -0.05) is 17.7 Å². The van der Waals surface area contributed by atoms with Crippen LogP contribution in [0.1, 0.15) is 17.3 Å². The molecule has 0 unspecified atom stereocenters. The van der Waals surface area contributed by atoms with Gasteiger partial charge in [-0.3, -0.25) is 9.59 Å². The van der Waals surface area contributed by atoms with Crippen LogP contribution in [0.15, 0.2) is 36.5 Å². The summed E-state index contributed by atoms with van der Waals surface area (Å²) in [6, 6.07) is 8.19. The molecule has 0 spiro atoms. The first-order valence-electron chi connectivity index (χ1n) is 6.58. The van der Waals surface area contributed by atoms with E-state index >= 15 is 0 Å². The Hall–Kier alpha value is -2.60. The number of hydrogen-bond acceptors (Lipinski definition) is 4. The molecule has 0 aliphatic carbocycles. The van der Waals surface area contributed by atoms with Gasteiger partial charge in [-0.2, -0.15) is 0 Å². The third-order valence-electron chi connectivity index (χ3n) is 3.15. The molecule has 1 aromatic carbocycles. The van der Waals surface area contributed by atoms with Gasteiger partial charge in [-0.05, 0) is 31.2 Å². The van der Waals surface area contributed by atoms with E-state index in [0.29, 0.717) is 27.8 Å². The largest absolute Gasteiger partial charge is 0.478 e. The molecule has 6 nitrogen and oxygen atoms in total. The number of nitrogens with zero attached hydrogens (tertiary/aromatic N) is 1. The molecule has 2 N–H and O–H groups in total. The Morgan fingerprint density at radius 2 is 2.18 bits per heavy atom. The number of benzene rings is 1. The molecule has 3 rings (SSSR count). The number of ether oxygens (including phenoxy) is 1. The van der Waals surface area contributed by atoms with Crippen molar-refractivity contribution in [3.05, 3.63) is 47.1 Å². The summed E-state index contributed by atoms with van der Waals surface area (Å²) in [5, 5.41) is 5.84. The van der Waals surface area contributed by atoms with Crippen LogP contribution in [0, 0.1) is 0 Å². The molecule has 0 saturated carbocycles. The number of fused-ring (bicyclic) bond motifs is 1. The number of anilines is 2. The Morgan fingerprint density at radius 3 is 2.91 bits per heavy atom. The molecule has 112 valence electrons. The van der Waals surface area contributed by atoms with Crippen LogP contribution in [-0.4, -0.2) is 22.9 Å². The minimum atomic E-state index is -0.657. The van der Waals surface area contributed by atoms with Crippen LogP contribution in [0.2, 0.25) is 5.02 Å². The quantitative estimate of drug-likeness (QED) is 0.892. The van der Waals surface area contributed by atoms with Gasteiger partial charge in [-0.25, -0.2) is 4.98 Å². The monoisotopic (exact) mass is 317 g/mol. The molecule has 2 heterocycles. The molecule has 1 aromatic heterocycles. The highest BCUT2D eigenvalue weighted by Gasteiger charge is 2.27. The highest BCUT2D eigenvalue weighted by Crippen LogP contribution is 2.33. The Balaban J connectivity index is 1.89. The zero-order valence-corrected chi connectivity index (χ0v) is 12.3. The summed E-state index contributed by atoms with van der Waals surface area (Å²) in [5.41, 5.74) is 0.793. The standard InChI is InChI=1S/C15H12ClN3O3/c1-8-14(20)18-11-4-2-3-10(13(11)22-8)15(21)19-12-6-5-9(16)7-17-12/h2-8H,1H3,(H,18,20)(H,17,19,21)/t8-/m0/s1. The Kier molecular flexibility index (Phi) is 3.68. The number of para-hydroxylation sites is 1. The summed E-state index contributed by atoms with van der Waals surface area (Å²) in [5.74, 6) is 0.0976. The number of carbonyl (C=O) groups is 2. The summed E-state index contributed by atoms with van der Waals surface area (Å²) < 4.78 is 5.54. The molecule has 1 aliphatic rings. The van der Waals surface area contributed by atoms with Gasteiger partial charge in [0.2, 0.25) is 0 Å². The number of carbonyl (C=O) groups excluding carboxylic acids is 2. The number of rotatable bonds is 2. The topological polar surface area (TPSA) is 80.3 Å². The molecule has 0 radical (unpaired) electrons. The second-order valence-corrected chi connectivity index (χ2v) is 5.18. The van der Waals surface area contributed by atoms with Crippen LogP contribution in [-0.2, 0) is 4.79 Å². The first-order valence-corrected chi connectivity index (χ1v) is 6.96.